The minimum atomic E-state index is -4.76. The summed E-state index contributed by atoms with van der Waals surface area (Å²) in [7, 11) is 0. The molecule has 1 aliphatic heterocycles. The van der Waals surface area contributed by atoms with Gasteiger partial charge in [-0.1, -0.05) is 0 Å². The van der Waals surface area contributed by atoms with Gasteiger partial charge in [-0.3, -0.25) is 4.79 Å². The highest BCUT2D eigenvalue weighted by Crippen LogP contribution is 2.25. The molecule has 1 aliphatic rings. The number of amides is 2. The second-order valence-corrected chi connectivity index (χ2v) is 5.55. The molecule has 1 unspecified atom stereocenters. The van der Waals surface area contributed by atoms with Crippen LogP contribution in [0.1, 0.15) is 19.8 Å². The lowest BCUT2D eigenvalue weighted by molar-refractivity contribution is -0.274. The summed E-state index contributed by atoms with van der Waals surface area (Å²) in [5.41, 5.74) is 0.354. The number of anilines is 1. The van der Waals surface area contributed by atoms with Crippen LogP contribution in [0.3, 0.4) is 0 Å². The molecule has 1 fully saturated rings. The Morgan fingerprint density at radius 1 is 1.28 bits per heavy atom. The van der Waals surface area contributed by atoms with E-state index in [0.29, 0.717) is 25.1 Å². The Bertz CT molecular complexity index is 604. The number of piperidine rings is 1. The third kappa shape index (κ3) is 5.84. The van der Waals surface area contributed by atoms with Gasteiger partial charge in [-0.15, -0.1) is 13.2 Å². The summed E-state index contributed by atoms with van der Waals surface area (Å²) in [6, 6.07) is 4.89. The first-order valence-electron chi connectivity index (χ1n) is 7.87. The van der Waals surface area contributed by atoms with Crippen molar-refractivity contribution >= 4 is 17.7 Å². The fourth-order valence-electron chi connectivity index (χ4n) is 2.56. The molecule has 1 saturated heterocycles. The highest BCUT2D eigenvalue weighted by atomic mass is 19.4. The summed E-state index contributed by atoms with van der Waals surface area (Å²) in [5.74, 6) is -1.06. The van der Waals surface area contributed by atoms with E-state index in [-0.39, 0.29) is 24.8 Å². The molecule has 0 aliphatic carbocycles. The van der Waals surface area contributed by atoms with Crippen LogP contribution in [-0.2, 0) is 9.53 Å². The average molecular weight is 360 g/mol. The highest BCUT2D eigenvalue weighted by molar-refractivity contribution is 5.93. The second-order valence-electron chi connectivity index (χ2n) is 5.55. The minimum Gasteiger partial charge on any atom is -0.450 e. The van der Waals surface area contributed by atoms with Crippen LogP contribution in [0, 0.1) is 5.92 Å². The van der Waals surface area contributed by atoms with Crippen LogP contribution < -0.4 is 10.1 Å². The number of nitrogens with one attached hydrogen (secondary N) is 1. The molecule has 1 aromatic rings. The van der Waals surface area contributed by atoms with Crippen LogP contribution in [0.15, 0.2) is 24.3 Å². The van der Waals surface area contributed by atoms with Crippen molar-refractivity contribution in [1.29, 1.82) is 0 Å². The van der Waals surface area contributed by atoms with Crippen molar-refractivity contribution in [1.82, 2.24) is 4.90 Å². The molecule has 0 bridgehead atoms. The Morgan fingerprint density at radius 3 is 2.56 bits per heavy atom. The maximum Gasteiger partial charge on any atom is 0.573 e. The highest BCUT2D eigenvalue weighted by Gasteiger charge is 2.31. The maximum absolute atomic E-state index is 12.3. The van der Waals surface area contributed by atoms with E-state index in [1.807, 2.05) is 0 Å². The molecule has 1 atom stereocenters. The fraction of sp³-hybridized carbons (Fsp3) is 0.500. The van der Waals surface area contributed by atoms with E-state index in [1.54, 1.807) is 6.92 Å². The standard InChI is InChI=1S/C16H19F3N2O4/c1-2-24-15(23)21-9-3-4-11(10-21)14(22)20-12-5-7-13(8-6-12)25-16(17,18)19/h5-8,11H,2-4,9-10H2,1H3,(H,20,22). The average Bonchev–Trinajstić information content (AvgIpc) is 2.55. The van der Waals surface area contributed by atoms with E-state index >= 15 is 0 Å². The molecule has 2 amide bonds. The number of hydrogen-bond donors (Lipinski definition) is 1. The zero-order valence-electron chi connectivity index (χ0n) is 13.6. The van der Waals surface area contributed by atoms with Gasteiger partial charge in [0, 0.05) is 18.8 Å². The second kappa shape index (κ2) is 8.09. The quantitative estimate of drug-likeness (QED) is 0.894. The van der Waals surface area contributed by atoms with Crippen LogP contribution in [0.5, 0.6) is 5.75 Å². The van der Waals surface area contributed by atoms with E-state index in [1.165, 1.54) is 17.0 Å². The van der Waals surface area contributed by atoms with Crippen molar-refractivity contribution in [3.63, 3.8) is 0 Å². The van der Waals surface area contributed by atoms with Crippen LogP contribution in [0.25, 0.3) is 0 Å². The van der Waals surface area contributed by atoms with E-state index in [0.717, 1.165) is 12.1 Å². The van der Waals surface area contributed by atoms with Crippen molar-refractivity contribution in [2.45, 2.75) is 26.1 Å². The summed E-state index contributed by atoms with van der Waals surface area (Å²) in [5, 5.41) is 2.64. The van der Waals surface area contributed by atoms with E-state index in [9.17, 15) is 22.8 Å². The number of carbonyl (C=O) groups is 2. The molecular formula is C16H19F3N2O4. The Balaban J connectivity index is 1.91. The molecule has 1 N–H and O–H groups in total. The maximum atomic E-state index is 12.3. The first-order chi connectivity index (χ1) is 11.8. The van der Waals surface area contributed by atoms with Crippen molar-refractivity contribution in [2.24, 2.45) is 5.92 Å². The molecule has 1 heterocycles. The van der Waals surface area contributed by atoms with Gasteiger partial charge in [0.25, 0.3) is 0 Å². The third-order valence-electron chi connectivity index (χ3n) is 3.67. The van der Waals surface area contributed by atoms with E-state index in [4.69, 9.17) is 4.74 Å². The fourth-order valence-corrected chi connectivity index (χ4v) is 2.56. The lowest BCUT2D eigenvalue weighted by Crippen LogP contribution is -2.44. The van der Waals surface area contributed by atoms with Gasteiger partial charge in [-0.25, -0.2) is 4.79 Å². The van der Waals surface area contributed by atoms with Crippen LogP contribution in [-0.4, -0.2) is 43.0 Å². The summed E-state index contributed by atoms with van der Waals surface area (Å²) < 4.78 is 45.1. The molecule has 0 aromatic heterocycles. The number of ether oxygens (including phenoxy) is 2. The summed E-state index contributed by atoms with van der Waals surface area (Å²) >= 11 is 0. The Hall–Kier alpha value is -2.45. The van der Waals surface area contributed by atoms with Gasteiger partial charge in [-0.05, 0) is 44.0 Å². The molecule has 9 heteroatoms. The Kier molecular flexibility index (Phi) is 6.11. The van der Waals surface area contributed by atoms with Crippen LogP contribution in [0.2, 0.25) is 0 Å². The number of likely N-dealkylation sites (tertiary alicyclic amines) is 1. The monoisotopic (exact) mass is 360 g/mol. The molecule has 138 valence electrons. The van der Waals surface area contributed by atoms with Crippen molar-refractivity contribution in [3.05, 3.63) is 24.3 Å². The van der Waals surface area contributed by atoms with Gasteiger partial charge in [-0.2, -0.15) is 0 Å². The number of carbonyl (C=O) groups excluding carboxylic acids is 2. The molecule has 0 saturated carbocycles. The van der Waals surface area contributed by atoms with Crippen LogP contribution >= 0.6 is 0 Å². The summed E-state index contributed by atoms with van der Waals surface area (Å²) in [6.07, 6.45) is -3.91. The largest absolute Gasteiger partial charge is 0.573 e. The van der Waals surface area contributed by atoms with Gasteiger partial charge in [0.05, 0.1) is 12.5 Å². The Labute approximate surface area is 142 Å². The molecule has 6 nitrogen and oxygen atoms in total. The molecule has 2 rings (SSSR count). The minimum absolute atomic E-state index is 0.250. The number of nitrogens with zero attached hydrogens (tertiary/aromatic N) is 1. The zero-order valence-corrected chi connectivity index (χ0v) is 13.6. The first kappa shape index (κ1) is 18.9. The van der Waals surface area contributed by atoms with E-state index < -0.39 is 18.4 Å². The molecule has 25 heavy (non-hydrogen) atoms. The number of rotatable bonds is 4. The zero-order chi connectivity index (χ0) is 18.4. The normalized spacial score (nSPS) is 17.8. The summed E-state index contributed by atoms with van der Waals surface area (Å²) in [6.45, 7) is 2.75. The van der Waals surface area contributed by atoms with Crippen molar-refractivity contribution in [3.8, 4) is 5.75 Å². The number of halogens is 3. The topological polar surface area (TPSA) is 67.9 Å². The van der Waals surface area contributed by atoms with Gasteiger partial charge < -0.3 is 19.7 Å². The SMILES string of the molecule is CCOC(=O)N1CCCC(C(=O)Nc2ccc(OC(F)(F)F)cc2)C1. The number of benzene rings is 1. The number of alkyl halides is 3. The van der Waals surface area contributed by atoms with E-state index in [2.05, 4.69) is 10.1 Å². The van der Waals surface area contributed by atoms with Crippen LogP contribution in [0.4, 0.5) is 23.7 Å². The predicted molar refractivity (Wildman–Crippen MR) is 83.1 cm³/mol. The summed E-state index contributed by atoms with van der Waals surface area (Å²) in [4.78, 5) is 25.5. The lowest BCUT2D eigenvalue weighted by Gasteiger charge is -2.31. The molecular weight excluding hydrogens is 341 g/mol. The van der Waals surface area contributed by atoms with Crippen molar-refractivity contribution in [2.75, 3.05) is 25.0 Å². The third-order valence-corrected chi connectivity index (χ3v) is 3.67. The first-order valence-corrected chi connectivity index (χ1v) is 7.87. The molecule has 0 spiro atoms. The van der Waals surface area contributed by atoms with Gasteiger partial charge in [0.1, 0.15) is 5.75 Å². The predicted octanol–water partition coefficient (Wildman–Crippen LogP) is 3.39. The Morgan fingerprint density at radius 2 is 1.96 bits per heavy atom. The van der Waals surface area contributed by atoms with Gasteiger partial charge in [0.15, 0.2) is 0 Å². The lowest BCUT2D eigenvalue weighted by atomic mass is 9.97. The van der Waals surface area contributed by atoms with Gasteiger partial charge >= 0.3 is 12.5 Å². The molecule has 0 radical (unpaired) electrons. The van der Waals surface area contributed by atoms with Crippen molar-refractivity contribution < 1.29 is 32.2 Å². The number of hydrogen-bond acceptors (Lipinski definition) is 4. The molecule has 1 aromatic carbocycles. The smallest absolute Gasteiger partial charge is 0.450 e. The van der Waals surface area contributed by atoms with Gasteiger partial charge in [0.2, 0.25) is 5.91 Å².